The number of methoxy groups -OCH3 is 3. The first-order chi connectivity index (χ1) is 18.3. The molecule has 0 fully saturated rings. The van der Waals surface area contributed by atoms with Crippen molar-refractivity contribution in [2.24, 2.45) is 5.73 Å². The highest BCUT2D eigenvalue weighted by Crippen LogP contribution is 2.37. The van der Waals surface area contributed by atoms with Crippen LogP contribution in [0.25, 0.3) is 16.9 Å². The molecule has 14 heteroatoms. The van der Waals surface area contributed by atoms with E-state index in [1.807, 2.05) is 0 Å². The molecule has 2 heterocycles. The van der Waals surface area contributed by atoms with Gasteiger partial charge >= 0.3 is 5.69 Å². The molecule has 0 spiro atoms. The van der Waals surface area contributed by atoms with Crippen molar-refractivity contribution in [3.8, 4) is 28.8 Å². The minimum atomic E-state index is -0.741. The predicted octanol–water partition coefficient (Wildman–Crippen LogP) is 2.51. The van der Waals surface area contributed by atoms with Crippen molar-refractivity contribution in [2.75, 3.05) is 27.9 Å². The van der Waals surface area contributed by atoms with Gasteiger partial charge in [0.15, 0.2) is 29.6 Å². The number of ether oxygens (including phenoxy) is 5. The summed E-state index contributed by atoms with van der Waals surface area (Å²) in [5.74, 6) is -0.581. The lowest BCUT2D eigenvalue weighted by atomic mass is 10.2. The van der Waals surface area contributed by atoms with Gasteiger partial charge in [0.05, 0.1) is 30.5 Å². The van der Waals surface area contributed by atoms with Gasteiger partial charge in [0.2, 0.25) is 5.88 Å². The van der Waals surface area contributed by atoms with E-state index in [-0.39, 0.29) is 69.6 Å². The number of nitrogens with zero attached hydrogens (tertiary/aromatic N) is 3. The molecule has 3 N–H and O–H groups in total. The third-order valence-electron chi connectivity index (χ3n) is 5.31. The van der Waals surface area contributed by atoms with Crippen LogP contribution in [0, 0.1) is 5.82 Å². The number of hydrogen-bond acceptors (Lipinski definition) is 9. The van der Waals surface area contributed by atoms with Gasteiger partial charge in [-0.15, -0.1) is 0 Å². The number of fused-ring (bicyclic) bond motifs is 1. The average molecular weight is 548 g/mol. The summed E-state index contributed by atoms with van der Waals surface area (Å²) in [6, 6.07) is 7.07. The highest BCUT2D eigenvalue weighted by molar-refractivity contribution is 6.32. The second-order valence-corrected chi connectivity index (χ2v) is 8.17. The van der Waals surface area contributed by atoms with Crippen molar-refractivity contribution in [3.63, 3.8) is 0 Å². The molecule has 38 heavy (non-hydrogen) atoms. The lowest BCUT2D eigenvalue weighted by molar-refractivity contribution is -0.119. The average Bonchev–Trinajstić information content (AvgIpc) is 3.22. The van der Waals surface area contributed by atoms with Gasteiger partial charge in [0.1, 0.15) is 30.3 Å². The van der Waals surface area contributed by atoms with E-state index in [1.54, 1.807) is 6.07 Å². The second kappa shape index (κ2) is 11.4. The fourth-order valence-electron chi connectivity index (χ4n) is 3.66. The van der Waals surface area contributed by atoms with Crippen LogP contribution >= 0.6 is 11.6 Å². The lowest BCUT2D eigenvalue weighted by Gasteiger charge is -2.16. The largest absolute Gasteiger partial charge is 0.496 e. The Balaban J connectivity index is 1.85. The highest BCUT2D eigenvalue weighted by Gasteiger charge is 2.22. The number of halogens is 2. The smallest absolute Gasteiger partial charge is 0.332 e. The summed E-state index contributed by atoms with van der Waals surface area (Å²) in [6.07, 6.45) is 0. The Hall–Kier alpha value is -4.36. The Morgan fingerprint density at radius 3 is 2.53 bits per heavy atom. The molecule has 0 aliphatic heterocycles. The zero-order chi connectivity index (χ0) is 27.4. The number of H-pyrrole nitrogens is 1. The molecule has 0 aliphatic carbocycles. The number of aromatic amines is 1. The van der Waals surface area contributed by atoms with Crippen molar-refractivity contribution in [2.45, 2.75) is 13.2 Å². The molecule has 0 saturated heterocycles. The number of primary amides is 1. The van der Waals surface area contributed by atoms with E-state index < -0.39 is 24.0 Å². The second-order valence-electron chi connectivity index (χ2n) is 7.76. The number of nitrogens with one attached hydrogen (secondary N) is 1. The van der Waals surface area contributed by atoms with Crippen LogP contribution in [0.3, 0.4) is 0 Å². The van der Waals surface area contributed by atoms with Gasteiger partial charge in [-0.2, -0.15) is 4.98 Å². The van der Waals surface area contributed by atoms with Gasteiger partial charge < -0.3 is 29.4 Å². The van der Waals surface area contributed by atoms with E-state index in [4.69, 9.17) is 41.0 Å². The van der Waals surface area contributed by atoms with Gasteiger partial charge in [-0.05, 0) is 12.1 Å². The SMILES string of the molecule is COCc1nc(OC)c2[nH]c(=O)n(-c3cc(OCc4c(F)cccc4OC)c(OCC(N)=O)cc3Cl)c2n1. The van der Waals surface area contributed by atoms with Crippen LogP contribution in [-0.4, -0.2) is 53.4 Å². The molecule has 0 bridgehead atoms. The van der Waals surface area contributed by atoms with E-state index in [0.29, 0.717) is 0 Å². The number of imidazole rings is 1. The van der Waals surface area contributed by atoms with Gasteiger partial charge in [-0.3, -0.25) is 9.78 Å². The minimum absolute atomic E-state index is 0.0352. The van der Waals surface area contributed by atoms with E-state index in [0.717, 1.165) is 0 Å². The van der Waals surface area contributed by atoms with E-state index in [1.165, 1.54) is 50.2 Å². The fourth-order valence-corrected chi connectivity index (χ4v) is 3.90. The maximum atomic E-state index is 14.5. The van der Waals surface area contributed by atoms with E-state index in [9.17, 15) is 14.0 Å². The quantitative estimate of drug-likeness (QED) is 0.288. The van der Waals surface area contributed by atoms with E-state index >= 15 is 0 Å². The molecular weight excluding hydrogens is 525 g/mol. The maximum absolute atomic E-state index is 14.5. The van der Waals surface area contributed by atoms with Crippen LogP contribution in [0.2, 0.25) is 5.02 Å². The molecule has 4 rings (SSSR count). The molecule has 200 valence electrons. The van der Waals surface area contributed by atoms with Gasteiger partial charge in [-0.1, -0.05) is 17.7 Å². The van der Waals surface area contributed by atoms with Crippen molar-refractivity contribution < 1.29 is 32.9 Å². The number of aromatic nitrogens is 4. The molecule has 0 unspecified atom stereocenters. The first-order valence-electron chi connectivity index (χ1n) is 11.0. The molecule has 4 aromatic rings. The number of hydrogen-bond donors (Lipinski definition) is 2. The lowest BCUT2D eigenvalue weighted by Crippen LogP contribution is -2.20. The standard InChI is InChI=1S/C24H23ClFN5O7/c1-34-11-20-28-22-21(23(29-20)36-3)30-24(33)31(22)15-8-18(17(7-13(15)25)38-10-19(27)32)37-9-12-14(26)5-4-6-16(12)35-2/h4-8H,9-11H2,1-3H3,(H2,27,32)(H,30,33). The molecule has 0 radical (unpaired) electrons. The van der Waals surface area contributed by atoms with Crippen LogP contribution in [0.4, 0.5) is 4.39 Å². The summed E-state index contributed by atoms with van der Waals surface area (Å²) < 4.78 is 42.7. The van der Waals surface area contributed by atoms with Crippen molar-refractivity contribution in [1.82, 2.24) is 19.5 Å². The number of amides is 1. The highest BCUT2D eigenvalue weighted by atomic mass is 35.5. The number of nitrogens with two attached hydrogens (primary N) is 1. The van der Waals surface area contributed by atoms with Crippen molar-refractivity contribution >= 4 is 28.7 Å². The Labute approximate surface area is 220 Å². The van der Waals surface area contributed by atoms with Crippen LogP contribution in [-0.2, 0) is 22.7 Å². The summed E-state index contributed by atoms with van der Waals surface area (Å²) in [5.41, 5.74) is 5.28. The zero-order valence-electron chi connectivity index (χ0n) is 20.5. The molecule has 0 saturated carbocycles. The number of carbonyl (C=O) groups excluding carboxylic acids is 1. The first kappa shape index (κ1) is 26.7. The number of benzene rings is 2. The Morgan fingerprint density at radius 2 is 1.84 bits per heavy atom. The summed E-state index contributed by atoms with van der Waals surface area (Å²) in [5, 5.41) is 0.0502. The van der Waals surface area contributed by atoms with E-state index in [2.05, 4.69) is 15.0 Å². The van der Waals surface area contributed by atoms with Crippen LogP contribution < -0.4 is 30.4 Å². The van der Waals surface area contributed by atoms with Gasteiger partial charge in [-0.25, -0.2) is 18.7 Å². The Morgan fingerprint density at radius 1 is 1.08 bits per heavy atom. The van der Waals surface area contributed by atoms with Gasteiger partial charge in [0.25, 0.3) is 5.91 Å². The number of rotatable bonds is 11. The molecule has 0 atom stereocenters. The summed E-state index contributed by atoms with van der Waals surface area (Å²) in [6.45, 7) is -0.703. The predicted molar refractivity (Wildman–Crippen MR) is 134 cm³/mol. The molecule has 12 nitrogen and oxygen atoms in total. The molecule has 2 aromatic heterocycles. The topological polar surface area (TPSA) is 153 Å². The fraction of sp³-hybridized carbons (Fsp3) is 0.250. The third-order valence-corrected chi connectivity index (χ3v) is 5.61. The molecule has 0 aliphatic rings. The Bertz CT molecular complexity index is 1560. The summed E-state index contributed by atoms with van der Waals surface area (Å²) >= 11 is 6.54. The molecule has 1 amide bonds. The molecular formula is C24H23ClFN5O7. The van der Waals surface area contributed by atoms with Crippen molar-refractivity contribution in [3.05, 3.63) is 63.0 Å². The normalized spacial score (nSPS) is 11.0. The summed E-state index contributed by atoms with van der Waals surface area (Å²) in [4.78, 5) is 35.7. The minimum Gasteiger partial charge on any atom is -0.496 e. The van der Waals surface area contributed by atoms with Crippen molar-refractivity contribution in [1.29, 1.82) is 0 Å². The first-order valence-corrected chi connectivity index (χ1v) is 11.4. The van der Waals surface area contributed by atoms with Crippen LogP contribution in [0.5, 0.6) is 23.1 Å². The molecule has 2 aromatic carbocycles. The zero-order valence-corrected chi connectivity index (χ0v) is 21.3. The third kappa shape index (κ3) is 5.33. The maximum Gasteiger partial charge on any atom is 0.332 e. The Kier molecular flexibility index (Phi) is 7.98. The van der Waals surface area contributed by atoms with Crippen LogP contribution in [0.1, 0.15) is 11.4 Å². The summed E-state index contributed by atoms with van der Waals surface area (Å²) in [7, 11) is 4.27. The number of carbonyl (C=O) groups is 1. The monoisotopic (exact) mass is 547 g/mol. The van der Waals surface area contributed by atoms with Crippen LogP contribution in [0.15, 0.2) is 35.1 Å². The van der Waals surface area contributed by atoms with Gasteiger partial charge in [0, 0.05) is 19.2 Å².